The third-order valence-corrected chi connectivity index (χ3v) is 7.94. The Balaban J connectivity index is 1.40. The van der Waals surface area contributed by atoms with Crippen molar-refractivity contribution >= 4 is 68.3 Å². The number of carboxylic acid groups (broad SMARTS) is 1. The van der Waals surface area contributed by atoms with Crippen LogP contribution in [0.4, 0.5) is 10.8 Å². The number of aromatic nitrogens is 2. The maximum atomic E-state index is 13.1. The van der Waals surface area contributed by atoms with Gasteiger partial charge >= 0.3 is 0 Å². The quantitative estimate of drug-likeness (QED) is 0.150. The van der Waals surface area contributed by atoms with Crippen molar-refractivity contribution in [1.29, 1.82) is 0 Å². The minimum Gasteiger partial charge on any atom is -0.543 e. The Kier molecular flexibility index (Phi) is 6.43. The number of β-lactam (4-membered cyclic amide) rings is 1. The summed E-state index contributed by atoms with van der Waals surface area (Å²) >= 11 is 2.46. The van der Waals surface area contributed by atoms with Crippen LogP contribution >= 0.6 is 23.1 Å². The number of nitrogens with one attached hydrogen (secondary N) is 1. The van der Waals surface area contributed by atoms with Crippen molar-refractivity contribution in [3.8, 4) is 0 Å². The maximum Gasteiger partial charge on any atom is 0.276 e. The number of nitrogens with two attached hydrogens (primary N) is 2. The van der Waals surface area contributed by atoms with Gasteiger partial charge < -0.3 is 31.5 Å². The van der Waals surface area contributed by atoms with Crippen LogP contribution in [0.1, 0.15) is 5.69 Å². The zero-order valence-corrected chi connectivity index (χ0v) is 21.0. The number of oxime groups is 1. The number of nitrogen functional groups attached to an aromatic ring is 2. The van der Waals surface area contributed by atoms with E-state index in [4.69, 9.17) is 16.3 Å². The molecule has 5 N–H and O–H groups in total. The van der Waals surface area contributed by atoms with E-state index in [1.807, 2.05) is 34.9 Å². The summed E-state index contributed by atoms with van der Waals surface area (Å²) in [5, 5.41) is 20.6. The Bertz CT molecular complexity index is 1500. The van der Waals surface area contributed by atoms with E-state index in [-0.39, 0.29) is 28.8 Å². The number of para-hydroxylation sites is 1. The summed E-state index contributed by atoms with van der Waals surface area (Å²) in [6.07, 6.45) is 1.72. The Morgan fingerprint density at radius 1 is 1.35 bits per heavy atom. The standard InChI is InChI=1S/C23H21N7O5S2/c1-35-28-16(14-10-37-23(25)26-14)19(31)27-17-20(32)30-18(22(33)34)12(9-36-21(17)30)7-29-8-13(24)6-11-4-2-3-5-15(11)29/h2-6,8,10,17,21H,7,9,24H2,1H3,(H3-,25,26,27,31,33,34)/b28-16-/t17?,21-/m1/s1. The van der Waals surface area contributed by atoms with Crippen molar-refractivity contribution in [2.75, 3.05) is 24.3 Å². The van der Waals surface area contributed by atoms with Gasteiger partial charge in [-0.1, -0.05) is 17.3 Å². The summed E-state index contributed by atoms with van der Waals surface area (Å²) in [5.41, 5.74) is 13.4. The number of carbonyl (C=O) groups is 3. The molecule has 2 aliphatic heterocycles. The first kappa shape index (κ1) is 24.5. The lowest BCUT2D eigenvalue weighted by atomic mass is 10.0. The average molecular weight is 540 g/mol. The van der Waals surface area contributed by atoms with Gasteiger partial charge in [0.1, 0.15) is 24.2 Å². The molecular weight excluding hydrogens is 518 g/mol. The van der Waals surface area contributed by atoms with Gasteiger partial charge in [0.2, 0.25) is 5.52 Å². The van der Waals surface area contributed by atoms with Crippen LogP contribution in [0.2, 0.25) is 0 Å². The van der Waals surface area contributed by atoms with E-state index in [9.17, 15) is 19.5 Å². The van der Waals surface area contributed by atoms with Gasteiger partial charge in [0, 0.05) is 28.2 Å². The number of thiazole rings is 1. The molecule has 12 nitrogen and oxygen atoms in total. The second-order valence-corrected chi connectivity index (χ2v) is 10.2. The number of thioether (sulfide) groups is 1. The summed E-state index contributed by atoms with van der Waals surface area (Å²) in [5.74, 6) is -2.43. The number of hydrogen-bond donors (Lipinski definition) is 3. The summed E-state index contributed by atoms with van der Waals surface area (Å²) in [7, 11) is 1.27. The number of carboxylic acids is 1. The molecule has 0 spiro atoms. The van der Waals surface area contributed by atoms with Crippen molar-refractivity contribution in [3.05, 3.63) is 58.9 Å². The lowest BCUT2D eigenvalue weighted by molar-refractivity contribution is -0.662. The second kappa shape index (κ2) is 9.71. The van der Waals surface area contributed by atoms with E-state index < -0.39 is 29.2 Å². The molecule has 1 aromatic carbocycles. The molecule has 5 rings (SSSR count). The minimum atomic E-state index is -1.47. The van der Waals surface area contributed by atoms with Crippen LogP contribution in [0.15, 0.2) is 58.3 Å². The number of aliphatic carboxylic acids is 1. The van der Waals surface area contributed by atoms with E-state index in [1.165, 1.54) is 24.3 Å². The Hall–Kier alpha value is -4.17. The molecule has 0 aliphatic carbocycles. The van der Waals surface area contributed by atoms with E-state index >= 15 is 0 Å². The number of rotatable bonds is 7. The van der Waals surface area contributed by atoms with Crippen molar-refractivity contribution in [2.45, 2.75) is 18.0 Å². The number of carbonyl (C=O) groups excluding carboxylic acids is 3. The molecule has 14 heteroatoms. The van der Waals surface area contributed by atoms with Gasteiger partial charge in [-0.2, -0.15) is 4.57 Å². The van der Waals surface area contributed by atoms with Gasteiger partial charge in [0.25, 0.3) is 11.8 Å². The highest BCUT2D eigenvalue weighted by atomic mass is 32.2. The van der Waals surface area contributed by atoms with Crippen molar-refractivity contribution in [2.24, 2.45) is 5.16 Å². The molecule has 190 valence electrons. The number of anilines is 2. The fourth-order valence-electron chi connectivity index (χ4n) is 4.37. The van der Waals surface area contributed by atoms with Crippen LogP contribution < -0.4 is 26.5 Å². The van der Waals surface area contributed by atoms with Gasteiger partial charge in [-0.25, -0.2) is 4.98 Å². The first-order chi connectivity index (χ1) is 17.8. The predicted octanol–water partition coefficient (Wildman–Crippen LogP) is -0.797. The van der Waals surface area contributed by atoms with Crippen molar-refractivity contribution < 1.29 is 28.9 Å². The fourth-order valence-corrected chi connectivity index (χ4v) is 6.25. The highest BCUT2D eigenvalue weighted by Crippen LogP contribution is 2.40. The average Bonchev–Trinajstić information content (AvgIpc) is 3.30. The second-order valence-electron chi connectivity index (χ2n) is 8.25. The van der Waals surface area contributed by atoms with E-state index in [0.29, 0.717) is 17.0 Å². The number of amides is 2. The monoisotopic (exact) mass is 539 g/mol. The lowest BCUT2D eigenvalue weighted by Crippen LogP contribution is -2.71. The molecule has 1 saturated heterocycles. The van der Waals surface area contributed by atoms with E-state index in [1.54, 1.807) is 6.20 Å². The zero-order chi connectivity index (χ0) is 26.3. The minimum absolute atomic E-state index is 0.149. The third-order valence-electron chi connectivity index (χ3n) is 5.92. The Labute approximate surface area is 218 Å². The molecule has 1 unspecified atom stereocenters. The van der Waals surface area contributed by atoms with Crippen LogP contribution in [0.3, 0.4) is 0 Å². The summed E-state index contributed by atoms with van der Waals surface area (Å²) < 4.78 is 1.85. The molecule has 37 heavy (non-hydrogen) atoms. The molecule has 2 aliphatic rings. The summed E-state index contributed by atoms with van der Waals surface area (Å²) in [4.78, 5) is 48.1. The normalized spacial score (nSPS) is 19.4. The van der Waals surface area contributed by atoms with Gasteiger partial charge in [0.05, 0.1) is 17.4 Å². The van der Waals surface area contributed by atoms with Crippen molar-refractivity contribution in [3.63, 3.8) is 0 Å². The van der Waals surface area contributed by atoms with E-state index in [2.05, 4.69) is 15.5 Å². The van der Waals surface area contributed by atoms with Gasteiger partial charge in [-0.15, -0.1) is 23.1 Å². The molecule has 0 radical (unpaired) electrons. The zero-order valence-electron chi connectivity index (χ0n) is 19.4. The first-order valence-corrected chi connectivity index (χ1v) is 12.9. The Morgan fingerprint density at radius 2 is 2.14 bits per heavy atom. The number of pyridine rings is 1. The number of fused-ring (bicyclic) bond motifs is 2. The summed E-state index contributed by atoms with van der Waals surface area (Å²) in [6, 6.07) is 8.45. The highest BCUT2D eigenvalue weighted by Gasteiger charge is 2.53. The SMILES string of the molecule is CO/N=C(\C(=O)NC1C(=O)N2C(C(=O)[O-])=C(C[n+]3cc(N)cc4ccccc43)CS[C@H]12)c1csc(N)n1. The molecule has 1 fully saturated rings. The van der Waals surface area contributed by atoms with Crippen LogP contribution in [-0.2, 0) is 25.8 Å². The fraction of sp³-hybridized carbons (Fsp3) is 0.217. The molecular formula is C23H21N7O5S2. The summed E-state index contributed by atoms with van der Waals surface area (Å²) in [6.45, 7) is 0.200. The van der Waals surface area contributed by atoms with Crippen LogP contribution in [0.25, 0.3) is 10.9 Å². The molecule has 4 heterocycles. The first-order valence-electron chi connectivity index (χ1n) is 11.0. The maximum absolute atomic E-state index is 13.1. The number of nitrogens with zero attached hydrogens (tertiary/aromatic N) is 4. The van der Waals surface area contributed by atoms with Gasteiger partial charge in [-0.05, 0) is 12.1 Å². The van der Waals surface area contributed by atoms with E-state index in [0.717, 1.165) is 27.1 Å². The Morgan fingerprint density at radius 3 is 2.84 bits per heavy atom. The van der Waals surface area contributed by atoms with Crippen LogP contribution in [0, 0.1) is 0 Å². The molecule has 2 atom stereocenters. The van der Waals surface area contributed by atoms with Gasteiger partial charge in [-0.3, -0.25) is 14.5 Å². The molecule has 2 amide bonds. The lowest BCUT2D eigenvalue weighted by Gasteiger charge is -2.50. The topological polar surface area (TPSA) is 180 Å². The number of benzene rings is 1. The molecule has 0 bridgehead atoms. The van der Waals surface area contributed by atoms with Crippen LogP contribution in [-0.4, -0.2) is 57.7 Å². The van der Waals surface area contributed by atoms with Crippen LogP contribution in [0.5, 0.6) is 0 Å². The smallest absolute Gasteiger partial charge is 0.276 e. The number of hydrogen-bond acceptors (Lipinski definition) is 11. The highest BCUT2D eigenvalue weighted by molar-refractivity contribution is 8.00. The molecule has 2 aromatic heterocycles. The largest absolute Gasteiger partial charge is 0.543 e. The van der Waals surface area contributed by atoms with Crippen molar-refractivity contribution in [1.82, 2.24) is 15.2 Å². The molecule has 0 saturated carbocycles. The third kappa shape index (κ3) is 4.44. The predicted molar refractivity (Wildman–Crippen MR) is 136 cm³/mol. The van der Waals surface area contributed by atoms with Gasteiger partial charge in [0.15, 0.2) is 23.6 Å². The molecule has 3 aromatic rings.